The molecule has 0 aromatic heterocycles. The third-order valence-electron chi connectivity index (χ3n) is 2.43. The minimum atomic E-state index is 0.181. The van der Waals surface area contributed by atoms with Crippen LogP contribution in [-0.2, 0) is 0 Å². The summed E-state index contributed by atoms with van der Waals surface area (Å²) >= 11 is 0. The smallest absolute Gasteiger partial charge is 0.0650 e. The largest absolute Gasteiger partial charge is 0.392 e. The summed E-state index contributed by atoms with van der Waals surface area (Å²) in [6.45, 7) is 0.181. The quantitative estimate of drug-likeness (QED) is 0.621. The first-order valence-electron chi connectivity index (χ1n) is 4.26. The Labute approximate surface area is 72.4 Å². The molecule has 1 N–H and O–H groups in total. The van der Waals surface area contributed by atoms with Crippen molar-refractivity contribution in [2.75, 3.05) is 6.61 Å². The standard InChI is InChI=1S/C11H12O/c12-8-10-6-3-5-9-4-1-2-7-11(9)10/h1-6,11-12H,7-8H2. The zero-order valence-electron chi connectivity index (χ0n) is 6.90. The van der Waals surface area contributed by atoms with Gasteiger partial charge in [0.15, 0.2) is 0 Å². The second-order valence-corrected chi connectivity index (χ2v) is 3.14. The molecule has 1 atom stereocenters. The van der Waals surface area contributed by atoms with Crippen LogP contribution in [0.2, 0.25) is 0 Å². The van der Waals surface area contributed by atoms with E-state index >= 15 is 0 Å². The lowest BCUT2D eigenvalue weighted by atomic mass is 9.82. The van der Waals surface area contributed by atoms with Crippen LogP contribution in [0.4, 0.5) is 0 Å². The minimum Gasteiger partial charge on any atom is -0.392 e. The van der Waals surface area contributed by atoms with Crippen LogP contribution in [-0.4, -0.2) is 11.7 Å². The molecule has 0 aromatic carbocycles. The van der Waals surface area contributed by atoms with Gasteiger partial charge in [-0.05, 0) is 17.6 Å². The van der Waals surface area contributed by atoms with Crippen LogP contribution in [0.1, 0.15) is 6.42 Å². The summed E-state index contributed by atoms with van der Waals surface area (Å²) in [5, 5.41) is 9.08. The van der Waals surface area contributed by atoms with Gasteiger partial charge < -0.3 is 5.11 Å². The van der Waals surface area contributed by atoms with Crippen LogP contribution in [0.5, 0.6) is 0 Å². The molecule has 0 amide bonds. The molecule has 0 bridgehead atoms. The SMILES string of the molecule is OCC1=CC=CC2=CC=CCC21. The van der Waals surface area contributed by atoms with Gasteiger partial charge in [0.05, 0.1) is 6.61 Å². The zero-order valence-corrected chi connectivity index (χ0v) is 6.90. The third kappa shape index (κ3) is 1.16. The topological polar surface area (TPSA) is 20.2 Å². The fourth-order valence-electron chi connectivity index (χ4n) is 1.75. The van der Waals surface area contributed by atoms with E-state index in [-0.39, 0.29) is 6.61 Å². The number of rotatable bonds is 1. The number of hydrogen-bond donors (Lipinski definition) is 1. The number of aliphatic hydroxyl groups excluding tert-OH is 1. The summed E-state index contributed by atoms with van der Waals surface area (Å²) in [6, 6.07) is 0. The van der Waals surface area contributed by atoms with Gasteiger partial charge in [-0.3, -0.25) is 0 Å². The van der Waals surface area contributed by atoms with Crippen molar-refractivity contribution in [2.45, 2.75) is 6.42 Å². The monoisotopic (exact) mass is 160 g/mol. The molecule has 0 saturated heterocycles. The van der Waals surface area contributed by atoms with Crippen molar-refractivity contribution in [1.29, 1.82) is 0 Å². The van der Waals surface area contributed by atoms with Gasteiger partial charge in [0, 0.05) is 5.92 Å². The summed E-state index contributed by atoms with van der Waals surface area (Å²) in [5.41, 5.74) is 2.46. The number of hydrogen-bond acceptors (Lipinski definition) is 1. The molecule has 62 valence electrons. The maximum Gasteiger partial charge on any atom is 0.0650 e. The molecule has 1 unspecified atom stereocenters. The maximum absolute atomic E-state index is 9.08. The molecule has 0 radical (unpaired) electrons. The Kier molecular flexibility index (Phi) is 1.96. The average molecular weight is 160 g/mol. The van der Waals surface area contributed by atoms with Crippen LogP contribution in [0, 0.1) is 5.92 Å². The first-order chi connectivity index (χ1) is 5.92. The first kappa shape index (κ1) is 7.56. The lowest BCUT2D eigenvalue weighted by Crippen LogP contribution is -2.12. The molecule has 2 aliphatic rings. The molecule has 12 heavy (non-hydrogen) atoms. The summed E-state index contributed by atoms with van der Waals surface area (Å²) in [5.74, 6) is 0.435. The van der Waals surface area contributed by atoms with Gasteiger partial charge in [0.2, 0.25) is 0 Å². The summed E-state index contributed by atoms with van der Waals surface area (Å²) in [6.07, 6.45) is 13.5. The Morgan fingerprint density at radius 2 is 2.25 bits per heavy atom. The lowest BCUT2D eigenvalue weighted by Gasteiger charge is -2.23. The predicted molar refractivity (Wildman–Crippen MR) is 49.6 cm³/mol. The molecular formula is C11H12O. The fraction of sp³-hybridized carbons (Fsp3) is 0.273. The average Bonchev–Trinajstić information content (AvgIpc) is 2.17. The van der Waals surface area contributed by atoms with Crippen molar-refractivity contribution in [1.82, 2.24) is 0 Å². The van der Waals surface area contributed by atoms with Gasteiger partial charge in [-0.2, -0.15) is 0 Å². The van der Waals surface area contributed by atoms with Crippen molar-refractivity contribution < 1.29 is 5.11 Å². The molecule has 0 aromatic rings. The van der Waals surface area contributed by atoms with E-state index in [9.17, 15) is 0 Å². The summed E-state index contributed by atoms with van der Waals surface area (Å²) < 4.78 is 0. The van der Waals surface area contributed by atoms with E-state index in [0.29, 0.717) is 5.92 Å². The van der Waals surface area contributed by atoms with Crippen LogP contribution < -0.4 is 0 Å². The van der Waals surface area contributed by atoms with Gasteiger partial charge in [0.1, 0.15) is 0 Å². The molecule has 1 nitrogen and oxygen atoms in total. The minimum absolute atomic E-state index is 0.181. The molecule has 1 heteroatoms. The van der Waals surface area contributed by atoms with Crippen molar-refractivity contribution in [3.8, 4) is 0 Å². The maximum atomic E-state index is 9.08. The van der Waals surface area contributed by atoms with Gasteiger partial charge in [-0.25, -0.2) is 0 Å². The Morgan fingerprint density at radius 1 is 1.33 bits per heavy atom. The third-order valence-corrected chi connectivity index (χ3v) is 2.43. The Morgan fingerprint density at radius 3 is 3.08 bits per heavy atom. The lowest BCUT2D eigenvalue weighted by molar-refractivity contribution is 0.318. The molecule has 0 spiro atoms. The number of aliphatic hydroxyl groups is 1. The van der Waals surface area contributed by atoms with Crippen molar-refractivity contribution in [2.24, 2.45) is 5.92 Å². The van der Waals surface area contributed by atoms with E-state index in [2.05, 4.69) is 24.3 Å². The van der Waals surface area contributed by atoms with Crippen molar-refractivity contribution >= 4 is 0 Å². The second kappa shape index (κ2) is 3.11. The second-order valence-electron chi connectivity index (χ2n) is 3.14. The highest BCUT2D eigenvalue weighted by atomic mass is 16.3. The molecule has 0 heterocycles. The van der Waals surface area contributed by atoms with Crippen LogP contribution in [0.15, 0.2) is 47.6 Å². The van der Waals surface area contributed by atoms with Crippen molar-refractivity contribution in [3.05, 3.63) is 47.6 Å². The Bertz CT molecular complexity index is 292. The van der Waals surface area contributed by atoms with E-state index in [0.717, 1.165) is 12.0 Å². The van der Waals surface area contributed by atoms with E-state index < -0.39 is 0 Å². The summed E-state index contributed by atoms with van der Waals surface area (Å²) in [4.78, 5) is 0. The molecule has 2 aliphatic carbocycles. The van der Waals surface area contributed by atoms with Gasteiger partial charge >= 0.3 is 0 Å². The Hall–Kier alpha value is -1.08. The predicted octanol–water partition coefficient (Wildman–Crippen LogP) is 1.98. The fourth-order valence-corrected chi connectivity index (χ4v) is 1.75. The highest BCUT2D eigenvalue weighted by Crippen LogP contribution is 2.31. The van der Waals surface area contributed by atoms with E-state index in [1.54, 1.807) is 0 Å². The molecule has 2 rings (SSSR count). The van der Waals surface area contributed by atoms with E-state index in [1.165, 1.54) is 5.57 Å². The van der Waals surface area contributed by atoms with Gasteiger partial charge in [0.25, 0.3) is 0 Å². The molecule has 0 fully saturated rings. The van der Waals surface area contributed by atoms with Crippen LogP contribution >= 0.6 is 0 Å². The summed E-state index contributed by atoms with van der Waals surface area (Å²) in [7, 11) is 0. The van der Waals surface area contributed by atoms with Crippen LogP contribution in [0.3, 0.4) is 0 Å². The van der Waals surface area contributed by atoms with Gasteiger partial charge in [-0.15, -0.1) is 0 Å². The van der Waals surface area contributed by atoms with Crippen LogP contribution in [0.25, 0.3) is 0 Å². The molecule has 0 aliphatic heterocycles. The first-order valence-corrected chi connectivity index (χ1v) is 4.26. The van der Waals surface area contributed by atoms with E-state index in [4.69, 9.17) is 5.11 Å². The zero-order chi connectivity index (χ0) is 8.39. The highest BCUT2D eigenvalue weighted by Gasteiger charge is 2.18. The van der Waals surface area contributed by atoms with Crippen molar-refractivity contribution in [3.63, 3.8) is 0 Å². The number of allylic oxidation sites excluding steroid dienone is 7. The highest BCUT2D eigenvalue weighted by molar-refractivity contribution is 5.42. The number of fused-ring (bicyclic) bond motifs is 1. The normalized spacial score (nSPS) is 26.2. The van der Waals surface area contributed by atoms with E-state index in [1.807, 2.05) is 12.2 Å². The molecule has 0 saturated carbocycles. The molecular weight excluding hydrogens is 148 g/mol. The Balaban J connectivity index is 2.32. The van der Waals surface area contributed by atoms with Gasteiger partial charge in [-0.1, -0.05) is 36.5 Å².